The molecular formula is C23H23F2N3O. The van der Waals surface area contributed by atoms with Gasteiger partial charge in [0.05, 0.1) is 5.69 Å². The second-order valence-electron chi connectivity index (χ2n) is 7.45. The second kappa shape index (κ2) is 8.47. The molecule has 3 aromatic rings. The molecule has 150 valence electrons. The fourth-order valence-corrected chi connectivity index (χ4v) is 3.77. The largest absolute Gasteiger partial charge is 0.325 e. The van der Waals surface area contributed by atoms with E-state index in [2.05, 4.69) is 34.1 Å². The second-order valence-corrected chi connectivity index (χ2v) is 7.45. The molecule has 0 atom stereocenters. The number of urea groups is 1. The van der Waals surface area contributed by atoms with Crippen LogP contribution >= 0.6 is 0 Å². The number of nitrogens with one attached hydrogen (secondary N) is 1. The van der Waals surface area contributed by atoms with Gasteiger partial charge in [-0.3, -0.25) is 0 Å². The number of hydrogen-bond donors (Lipinski definition) is 1. The first-order chi connectivity index (χ1) is 14.1. The molecule has 0 spiro atoms. The van der Waals surface area contributed by atoms with E-state index in [0.717, 1.165) is 37.1 Å². The van der Waals surface area contributed by atoms with Gasteiger partial charge >= 0.3 is 6.03 Å². The molecule has 1 aliphatic heterocycles. The number of nitrogens with zero attached hydrogens (tertiary/aromatic N) is 2. The van der Waals surface area contributed by atoms with Crippen molar-refractivity contribution in [3.8, 4) is 5.69 Å². The number of anilines is 1. The van der Waals surface area contributed by atoms with E-state index in [1.54, 1.807) is 4.90 Å². The Kier molecular flexibility index (Phi) is 5.60. The molecule has 1 N–H and O–H groups in total. The van der Waals surface area contributed by atoms with Gasteiger partial charge in [0, 0.05) is 37.2 Å². The summed E-state index contributed by atoms with van der Waals surface area (Å²) in [6.07, 6.45) is 6.83. The molecule has 1 saturated heterocycles. The summed E-state index contributed by atoms with van der Waals surface area (Å²) in [5.41, 5.74) is 2.43. The Labute approximate surface area is 168 Å². The van der Waals surface area contributed by atoms with E-state index in [-0.39, 0.29) is 11.7 Å². The molecule has 6 heteroatoms. The summed E-state index contributed by atoms with van der Waals surface area (Å²) in [6, 6.07) is 15.4. The van der Waals surface area contributed by atoms with Crippen LogP contribution in [0, 0.1) is 17.6 Å². The van der Waals surface area contributed by atoms with Crippen LogP contribution in [0.25, 0.3) is 5.69 Å². The summed E-state index contributed by atoms with van der Waals surface area (Å²) in [6.45, 7) is 1.25. The van der Waals surface area contributed by atoms with Crippen LogP contribution in [0.2, 0.25) is 0 Å². The van der Waals surface area contributed by atoms with Crippen LogP contribution in [-0.2, 0) is 6.42 Å². The molecule has 0 radical (unpaired) electrons. The average Bonchev–Trinajstić information content (AvgIpc) is 3.26. The van der Waals surface area contributed by atoms with Crippen molar-refractivity contribution in [2.45, 2.75) is 19.3 Å². The van der Waals surface area contributed by atoms with E-state index in [1.165, 1.54) is 11.6 Å². The molecule has 0 saturated carbocycles. The summed E-state index contributed by atoms with van der Waals surface area (Å²) >= 11 is 0. The number of hydrogen-bond acceptors (Lipinski definition) is 1. The minimum absolute atomic E-state index is 0.00121. The topological polar surface area (TPSA) is 37.3 Å². The molecule has 0 aliphatic carbocycles. The predicted molar refractivity (Wildman–Crippen MR) is 109 cm³/mol. The molecule has 2 heterocycles. The highest BCUT2D eigenvalue weighted by molar-refractivity contribution is 5.89. The zero-order valence-corrected chi connectivity index (χ0v) is 16.0. The predicted octanol–water partition coefficient (Wildman–Crippen LogP) is 5.24. The lowest BCUT2D eigenvalue weighted by molar-refractivity contribution is 0.182. The molecule has 0 bridgehead atoms. The molecule has 1 aromatic heterocycles. The van der Waals surface area contributed by atoms with Crippen LogP contribution < -0.4 is 5.32 Å². The number of carbonyl (C=O) groups is 1. The molecule has 1 fully saturated rings. The van der Waals surface area contributed by atoms with Crippen LogP contribution in [0.15, 0.2) is 67.0 Å². The molecular weight excluding hydrogens is 372 g/mol. The summed E-state index contributed by atoms with van der Waals surface area (Å²) in [5, 5.41) is 2.53. The Morgan fingerprint density at radius 3 is 2.34 bits per heavy atom. The van der Waals surface area contributed by atoms with Gasteiger partial charge in [-0.2, -0.15) is 0 Å². The maximum atomic E-state index is 13.7. The van der Waals surface area contributed by atoms with Crippen molar-refractivity contribution in [1.82, 2.24) is 9.47 Å². The average molecular weight is 395 g/mol. The highest BCUT2D eigenvalue weighted by Gasteiger charge is 2.23. The Balaban J connectivity index is 1.28. The van der Waals surface area contributed by atoms with Crippen LogP contribution in [0.1, 0.15) is 18.4 Å². The fourth-order valence-electron chi connectivity index (χ4n) is 3.77. The van der Waals surface area contributed by atoms with Crippen LogP contribution in [0.5, 0.6) is 0 Å². The number of benzene rings is 2. The SMILES string of the molecule is O=C(Nc1ccc(F)cc1F)N1CCC(Cc2ccc(-n3cccc3)cc2)CC1. The summed E-state index contributed by atoms with van der Waals surface area (Å²) in [5.74, 6) is -0.918. The molecule has 1 aliphatic rings. The van der Waals surface area contributed by atoms with Gasteiger partial charge in [-0.05, 0) is 67.1 Å². The number of carbonyl (C=O) groups excluding carboxylic acids is 1. The van der Waals surface area contributed by atoms with Gasteiger partial charge in [0.25, 0.3) is 0 Å². The van der Waals surface area contributed by atoms with Gasteiger partial charge < -0.3 is 14.8 Å². The smallest absolute Gasteiger partial charge is 0.321 e. The van der Waals surface area contributed by atoms with E-state index in [9.17, 15) is 13.6 Å². The normalized spacial score (nSPS) is 14.8. The molecule has 4 rings (SSSR count). The maximum absolute atomic E-state index is 13.7. The number of aromatic nitrogens is 1. The minimum atomic E-state index is -0.767. The van der Waals surface area contributed by atoms with Crippen molar-refractivity contribution in [3.05, 3.63) is 84.2 Å². The minimum Gasteiger partial charge on any atom is -0.325 e. The molecule has 2 aromatic carbocycles. The number of likely N-dealkylation sites (tertiary alicyclic amines) is 1. The van der Waals surface area contributed by atoms with Gasteiger partial charge in [0.2, 0.25) is 0 Å². The van der Waals surface area contributed by atoms with Crippen LogP contribution in [0.3, 0.4) is 0 Å². The monoisotopic (exact) mass is 395 g/mol. The highest BCUT2D eigenvalue weighted by Crippen LogP contribution is 2.23. The molecule has 2 amide bonds. The number of rotatable bonds is 4. The zero-order chi connectivity index (χ0) is 20.2. The maximum Gasteiger partial charge on any atom is 0.321 e. The first-order valence-corrected chi connectivity index (χ1v) is 9.82. The van der Waals surface area contributed by atoms with E-state index < -0.39 is 11.6 Å². The number of amides is 2. The summed E-state index contributed by atoms with van der Waals surface area (Å²) in [4.78, 5) is 14.1. The fraction of sp³-hybridized carbons (Fsp3) is 0.261. The highest BCUT2D eigenvalue weighted by atomic mass is 19.1. The molecule has 29 heavy (non-hydrogen) atoms. The Morgan fingerprint density at radius 2 is 1.69 bits per heavy atom. The lowest BCUT2D eigenvalue weighted by Crippen LogP contribution is -2.41. The third-order valence-corrected chi connectivity index (χ3v) is 5.44. The van der Waals surface area contributed by atoms with Crippen molar-refractivity contribution in [3.63, 3.8) is 0 Å². The van der Waals surface area contributed by atoms with Crippen molar-refractivity contribution >= 4 is 11.7 Å². The van der Waals surface area contributed by atoms with Gasteiger partial charge in [0.1, 0.15) is 11.6 Å². The molecule has 0 unspecified atom stereocenters. The van der Waals surface area contributed by atoms with Crippen molar-refractivity contribution in [2.24, 2.45) is 5.92 Å². The van der Waals surface area contributed by atoms with E-state index in [4.69, 9.17) is 0 Å². The van der Waals surface area contributed by atoms with Gasteiger partial charge in [0.15, 0.2) is 0 Å². The van der Waals surface area contributed by atoms with E-state index in [1.807, 2.05) is 24.5 Å². The number of halogens is 2. The van der Waals surface area contributed by atoms with E-state index >= 15 is 0 Å². The Hall–Kier alpha value is -3.15. The lowest BCUT2D eigenvalue weighted by atomic mass is 9.90. The van der Waals surface area contributed by atoms with E-state index in [0.29, 0.717) is 19.0 Å². The number of piperidine rings is 1. The quantitative estimate of drug-likeness (QED) is 0.644. The van der Waals surface area contributed by atoms with Crippen LogP contribution in [-0.4, -0.2) is 28.6 Å². The Bertz CT molecular complexity index is 962. The Morgan fingerprint density at radius 1 is 1.00 bits per heavy atom. The van der Waals surface area contributed by atoms with Gasteiger partial charge in [-0.25, -0.2) is 13.6 Å². The van der Waals surface area contributed by atoms with Gasteiger partial charge in [-0.1, -0.05) is 12.1 Å². The van der Waals surface area contributed by atoms with Gasteiger partial charge in [-0.15, -0.1) is 0 Å². The zero-order valence-electron chi connectivity index (χ0n) is 16.0. The molecule has 4 nitrogen and oxygen atoms in total. The summed E-state index contributed by atoms with van der Waals surface area (Å²) < 4.78 is 28.8. The lowest BCUT2D eigenvalue weighted by Gasteiger charge is -2.32. The first-order valence-electron chi connectivity index (χ1n) is 9.82. The van der Waals surface area contributed by atoms with Crippen molar-refractivity contribution in [1.29, 1.82) is 0 Å². The third-order valence-electron chi connectivity index (χ3n) is 5.44. The summed E-state index contributed by atoms with van der Waals surface area (Å²) in [7, 11) is 0. The van der Waals surface area contributed by atoms with Crippen molar-refractivity contribution in [2.75, 3.05) is 18.4 Å². The standard InChI is InChI=1S/C23H23F2N3O/c24-19-5-8-22(21(25)16-19)26-23(29)28-13-9-18(10-14-28)15-17-3-6-20(7-4-17)27-11-1-2-12-27/h1-8,11-12,16,18H,9-10,13-15H2,(H,26,29). The van der Waals surface area contributed by atoms with Crippen LogP contribution in [0.4, 0.5) is 19.3 Å². The third kappa shape index (κ3) is 4.65. The van der Waals surface area contributed by atoms with Crippen molar-refractivity contribution < 1.29 is 13.6 Å². The first kappa shape index (κ1) is 19.2.